The number of aromatic nitrogens is 1. The number of rotatable bonds is 3. The number of pyridine rings is 1. The maximum absolute atomic E-state index is 12.7. The van der Waals surface area contributed by atoms with Gasteiger partial charge in [-0.2, -0.15) is 13.2 Å². The molecule has 0 N–H and O–H groups in total. The van der Waals surface area contributed by atoms with Gasteiger partial charge in [0, 0.05) is 22.0 Å². The molecule has 0 aliphatic carbocycles. The monoisotopic (exact) mass is 427 g/mol. The summed E-state index contributed by atoms with van der Waals surface area (Å²) in [5.74, 6) is 0. The minimum absolute atomic E-state index is 0.440. The zero-order valence-electron chi connectivity index (χ0n) is 13.3. The van der Waals surface area contributed by atoms with Crippen molar-refractivity contribution in [1.82, 2.24) is 4.98 Å². The summed E-state index contributed by atoms with van der Waals surface area (Å²) in [5.41, 5.74) is 2.63. The molecule has 0 amide bonds. The Morgan fingerprint density at radius 3 is 2.36 bits per heavy atom. The van der Waals surface area contributed by atoms with Crippen LogP contribution >= 0.6 is 27.5 Å². The fourth-order valence-electron chi connectivity index (χ4n) is 2.77. The van der Waals surface area contributed by atoms with E-state index in [4.69, 9.17) is 11.6 Å². The second-order valence-electron chi connectivity index (χ2n) is 5.74. The molecule has 0 aliphatic heterocycles. The van der Waals surface area contributed by atoms with E-state index in [9.17, 15) is 13.2 Å². The van der Waals surface area contributed by atoms with Crippen LogP contribution in [0.25, 0.3) is 10.9 Å². The van der Waals surface area contributed by atoms with Crippen LogP contribution in [0, 0.1) is 0 Å². The number of hydrogen-bond acceptors (Lipinski definition) is 1. The molecule has 3 aromatic rings. The molecule has 0 atom stereocenters. The van der Waals surface area contributed by atoms with Crippen LogP contribution in [0.5, 0.6) is 0 Å². The molecule has 0 radical (unpaired) electrons. The van der Waals surface area contributed by atoms with Gasteiger partial charge < -0.3 is 0 Å². The molecule has 130 valence electrons. The molecule has 0 fully saturated rings. The van der Waals surface area contributed by atoms with Crippen molar-refractivity contribution >= 4 is 38.4 Å². The lowest BCUT2D eigenvalue weighted by Crippen LogP contribution is -2.05. The van der Waals surface area contributed by atoms with E-state index >= 15 is 0 Å². The van der Waals surface area contributed by atoms with Crippen LogP contribution in [0.2, 0.25) is 5.02 Å². The highest BCUT2D eigenvalue weighted by Crippen LogP contribution is 2.33. The summed E-state index contributed by atoms with van der Waals surface area (Å²) in [6.07, 6.45) is -3.20. The van der Waals surface area contributed by atoms with Crippen LogP contribution in [0.15, 0.2) is 46.9 Å². The largest absolute Gasteiger partial charge is 0.416 e. The third-order valence-electron chi connectivity index (χ3n) is 4.06. The van der Waals surface area contributed by atoms with Crippen LogP contribution in [0.4, 0.5) is 13.2 Å². The number of fused-ring (bicyclic) bond motifs is 1. The first-order valence-electron chi connectivity index (χ1n) is 7.72. The lowest BCUT2D eigenvalue weighted by molar-refractivity contribution is -0.137. The van der Waals surface area contributed by atoms with Crippen molar-refractivity contribution in [1.29, 1.82) is 0 Å². The number of hydrogen-bond donors (Lipinski definition) is 0. The quantitative estimate of drug-likeness (QED) is 0.446. The Morgan fingerprint density at radius 1 is 1.08 bits per heavy atom. The molecule has 3 rings (SSSR count). The molecule has 0 saturated carbocycles. The second kappa shape index (κ2) is 6.96. The fraction of sp³-hybridized carbons (Fsp3) is 0.211. The zero-order chi connectivity index (χ0) is 18.2. The Hall–Kier alpha value is -1.59. The van der Waals surface area contributed by atoms with E-state index < -0.39 is 11.7 Å². The van der Waals surface area contributed by atoms with E-state index in [2.05, 4.69) is 20.9 Å². The van der Waals surface area contributed by atoms with Crippen molar-refractivity contribution < 1.29 is 13.2 Å². The molecule has 25 heavy (non-hydrogen) atoms. The van der Waals surface area contributed by atoms with Crippen molar-refractivity contribution in [2.45, 2.75) is 25.9 Å². The van der Waals surface area contributed by atoms with E-state index in [1.807, 2.05) is 25.1 Å². The SMILES string of the molecule is CCc1nc2ccc(Br)cc2c(Cl)c1Cc1ccc(C(F)(F)F)cc1. The molecule has 1 aromatic heterocycles. The van der Waals surface area contributed by atoms with E-state index in [-0.39, 0.29) is 0 Å². The molecule has 2 aromatic carbocycles. The first-order chi connectivity index (χ1) is 11.8. The van der Waals surface area contributed by atoms with Gasteiger partial charge in [-0.1, -0.05) is 46.6 Å². The topological polar surface area (TPSA) is 12.9 Å². The average molecular weight is 429 g/mol. The maximum atomic E-state index is 12.7. The highest BCUT2D eigenvalue weighted by molar-refractivity contribution is 9.10. The Bertz CT molecular complexity index is 921. The zero-order valence-corrected chi connectivity index (χ0v) is 15.6. The predicted molar refractivity (Wildman–Crippen MR) is 98.1 cm³/mol. The Balaban J connectivity index is 2.04. The van der Waals surface area contributed by atoms with Crippen LogP contribution in [-0.4, -0.2) is 4.98 Å². The summed E-state index contributed by atoms with van der Waals surface area (Å²) >= 11 is 10.0. The smallest absolute Gasteiger partial charge is 0.252 e. The summed E-state index contributed by atoms with van der Waals surface area (Å²) in [7, 11) is 0. The van der Waals surface area contributed by atoms with Crippen molar-refractivity contribution in [3.05, 3.63) is 74.3 Å². The van der Waals surface area contributed by atoms with Gasteiger partial charge in [0.1, 0.15) is 0 Å². The summed E-state index contributed by atoms with van der Waals surface area (Å²) in [5, 5.41) is 1.43. The van der Waals surface area contributed by atoms with Crippen molar-refractivity contribution in [2.75, 3.05) is 0 Å². The van der Waals surface area contributed by atoms with Crippen LogP contribution < -0.4 is 0 Å². The first-order valence-corrected chi connectivity index (χ1v) is 8.89. The van der Waals surface area contributed by atoms with Crippen LogP contribution in [0.1, 0.15) is 29.3 Å². The van der Waals surface area contributed by atoms with Crippen LogP contribution in [0.3, 0.4) is 0 Å². The van der Waals surface area contributed by atoms with Gasteiger partial charge in [0.05, 0.1) is 16.1 Å². The third kappa shape index (κ3) is 3.82. The molecule has 0 saturated heterocycles. The highest BCUT2D eigenvalue weighted by Gasteiger charge is 2.30. The van der Waals surface area contributed by atoms with Gasteiger partial charge in [0.2, 0.25) is 0 Å². The molecule has 0 aliphatic rings. The van der Waals surface area contributed by atoms with E-state index in [0.29, 0.717) is 17.9 Å². The van der Waals surface area contributed by atoms with Gasteiger partial charge in [-0.25, -0.2) is 0 Å². The molecule has 6 heteroatoms. The van der Waals surface area contributed by atoms with Gasteiger partial charge >= 0.3 is 6.18 Å². The number of benzene rings is 2. The van der Waals surface area contributed by atoms with Gasteiger partial charge in [0.25, 0.3) is 0 Å². The van der Waals surface area contributed by atoms with Crippen molar-refractivity contribution in [2.24, 2.45) is 0 Å². The molecule has 0 bridgehead atoms. The third-order valence-corrected chi connectivity index (χ3v) is 4.99. The molecule has 0 unspecified atom stereocenters. The fourth-order valence-corrected chi connectivity index (χ4v) is 3.46. The number of nitrogens with zero attached hydrogens (tertiary/aromatic N) is 1. The second-order valence-corrected chi connectivity index (χ2v) is 7.03. The molecular formula is C19H14BrClF3N. The highest BCUT2D eigenvalue weighted by atomic mass is 79.9. The molecule has 1 heterocycles. The van der Waals surface area contributed by atoms with Gasteiger partial charge in [-0.05, 0) is 47.9 Å². The summed E-state index contributed by atoms with van der Waals surface area (Å²) < 4.78 is 39.0. The Labute approximate surface area is 157 Å². The van der Waals surface area contributed by atoms with E-state index in [1.54, 1.807) is 0 Å². The average Bonchev–Trinajstić information content (AvgIpc) is 2.57. The molecular weight excluding hydrogens is 415 g/mol. The van der Waals surface area contributed by atoms with Gasteiger partial charge in [-0.15, -0.1) is 0 Å². The summed E-state index contributed by atoms with van der Waals surface area (Å²) in [6, 6.07) is 10.9. The minimum atomic E-state index is -4.33. The summed E-state index contributed by atoms with van der Waals surface area (Å²) in [6.45, 7) is 1.99. The van der Waals surface area contributed by atoms with Crippen molar-refractivity contribution in [3.63, 3.8) is 0 Å². The van der Waals surface area contributed by atoms with Crippen LogP contribution in [-0.2, 0) is 19.0 Å². The number of alkyl halides is 3. The lowest BCUT2D eigenvalue weighted by Gasteiger charge is -2.14. The summed E-state index contributed by atoms with van der Waals surface area (Å²) in [4.78, 5) is 4.66. The molecule has 1 nitrogen and oxygen atoms in total. The first kappa shape index (κ1) is 18.2. The Morgan fingerprint density at radius 2 is 1.76 bits per heavy atom. The lowest BCUT2D eigenvalue weighted by atomic mass is 9.99. The minimum Gasteiger partial charge on any atom is -0.252 e. The normalized spacial score (nSPS) is 11.9. The number of halogens is 5. The predicted octanol–water partition coefficient (Wildman–Crippen LogP) is 6.82. The standard InChI is InChI=1S/C19H14BrClF3N/c1-2-16-14(9-11-3-5-12(6-4-11)19(22,23)24)18(21)15-10-13(20)7-8-17(15)25-16/h3-8,10H,2,9H2,1H3. The van der Waals surface area contributed by atoms with Crippen molar-refractivity contribution in [3.8, 4) is 0 Å². The maximum Gasteiger partial charge on any atom is 0.416 e. The molecule has 0 spiro atoms. The van der Waals surface area contributed by atoms with E-state index in [0.717, 1.165) is 44.3 Å². The van der Waals surface area contributed by atoms with Gasteiger partial charge in [0.15, 0.2) is 0 Å². The van der Waals surface area contributed by atoms with Gasteiger partial charge in [-0.3, -0.25) is 4.98 Å². The Kier molecular flexibility index (Phi) is 5.07. The number of aryl methyl sites for hydroxylation is 1. The van der Waals surface area contributed by atoms with E-state index in [1.165, 1.54) is 12.1 Å².